The molecule has 0 spiro atoms. The number of benzene rings is 1. The number of hydrogen-bond donors (Lipinski definition) is 0. The summed E-state index contributed by atoms with van der Waals surface area (Å²) in [5.74, 6) is 1.60. The Morgan fingerprint density at radius 1 is 1.08 bits per heavy atom. The topological polar surface area (TPSA) is 47.1 Å². The quantitative estimate of drug-likeness (QED) is 0.792. The fourth-order valence-electron chi connectivity index (χ4n) is 4.28. The van der Waals surface area contributed by atoms with Gasteiger partial charge in [-0.05, 0) is 26.0 Å². The predicted molar refractivity (Wildman–Crippen MR) is 95.6 cm³/mol. The van der Waals surface area contributed by atoms with Crippen molar-refractivity contribution in [3.05, 3.63) is 23.9 Å². The molecule has 0 amide bonds. The van der Waals surface area contributed by atoms with Crippen LogP contribution in [0.4, 0.5) is 5.69 Å². The first-order valence-electron chi connectivity index (χ1n) is 8.98. The number of aryl methyl sites for hydroxylation is 1. The molecule has 0 bridgehead atoms. The van der Waals surface area contributed by atoms with Gasteiger partial charge in [0.25, 0.3) is 0 Å². The maximum atomic E-state index is 5.79. The number of anilines is 1. The number of aromatic nitrogens is 1. The summed E-state index contributed by atoms with van der Waals surface area (Å²) < 4.78 is 16.9. The van der Waals surface area contributed by atoms with E-state index in [-0.39, 0.29) is 6.79 Å². The minimum absolute atomic E-state index is 0.288. The van der Waals surface area contributed by atoms with Gasteiger partial charge in [-0.3, -0.25) is 9.88 Å². The van der Waals surface area contributed by atoms with Crippen LogP contribution in [0.25, 0.3) is 10.9 Å². The molecule has 6 heteroatoms. The van der Waals surface area contributed by atoms with Gasteiger partial charge in [-0.1, -0.05) is 0 Å². The van der Waals surface area contributed by atoms with Gasteiger partial charge in [0.2, 0.25) is 6.79 Å². The number of pyridine rings is 1. The lowest BCUT2D eigenvalue weighted by Gasteiger charge is -2.47. The van der Waals surface area contributed by atoms with Crippen molar-refractivity contribution >= 4 is 16.6 Å². The van der Waals surface area contributed by atoms with Crippen LogP contribution >= 0.6 is 0 Å². The minimum atomic E-state index is 0.288. The Labute approximate surface area is 147 Å². The smallest absolute Gasteiger partial charge is 0.231 e. The van der Waals surface area contributed by atoms with Crippen LogP contribution < -0.4 is 14.4 Å². The number of fused-ring (bicyclic) bond motifs is 3. The van der Waals surface area contributed by atoms with E-state index < -0.39 is 0 Å². The Morgan fingerprint density at radius 3 is 2.80 bits per heavy atom. The van der Waals surface area contributed by atoms with Gasteiger partial charge in [-0.2, -0.15) is 0 Å². The van der Waals surface area contributed by atoms with Crippen molar-refractivity contribution in [1.29, 1.82) is 0 Å². The molecule has 3 aliphatic rings. The molecule has 0 saturated carbocycles. The van der Waals surface area contributed by atoms with Crippen LogP contribution in [0.3, 0.4) is 0 Å². The zero-order valence-corrected chi connectivity index (χ0v) is 14.7. The van der Waals surface area contributed by atoms with Crippen LogP contribution in [0.2, 0.25) is 0 Å². The largest absolute Gasteiger partial charge is 0.454 e. The maximum absolute atomic E-state index is 5.79. The molecule has 2 saturated heterocycles. The lowest BCUT2D eigenvalue weighted by Crippen LogP contribution is -2.61. The number of hydrogen-bond acceptors (Lipinski definition) is 6. The summed E-state index contributed by atoms with van der Waals surface area (Å²) in [4.78, 5) is 9.77. The van der Waals surface area contributed by atoms with Crippen molar-refractivity contribution in [2.24, 2.45) is 0 Å². The molecular formula is C19H23N3O3. The Balaban J connectivity index is 1.54. The number of nitrogens with zero attached hydrogens (tertiary/aromatic N) is 3. The van der Waals surface area contributed by atoms with E-state index in [1.807, 2.05) is 6.07 Å². The normalized spacial score (nSPS) is 26.1. The van der Waals surface area contributed by atoms with E-state index in [1.165, 1.54) is 5.69 Å². The summed E-state index contributed by atoms with van der Waals surface area (Å²) in [7, 11) is 0. The molecule has 0 radical (unpaired) electrons. The highest BCUT2D eigenvalue weighted by Crippen LogP contribution is 2.39. The minimum Gasteiger partial charge on any atom is -0.454 e. The summed E-state index contributed by atoms with van der Waals surface area (Å²) >= 11 is 0. The van der Waals surface area contributed by atoms with Gasteiger partial charge in [-0.15, -0.1) is 0 Å². The highest BCUT2D eigenvalue weighted by molar-refractivity contribution is 5.94. The zero-order chi connectivity index (χ0) is 17.0. The van der Waals surface area contributed by atoms with Gasteiger partial charge in [0.15, 0.2) is 11.5 Å². The van der Waals surface area contributed by atoms with Gasteiger partial charge >= 0.3 is 0 Å². The van der Waals surface area contributed by atoms with E-state index in [0.29, 0.717) is 12.1 Å². The maximum Gasteiger partial charge on any atom is 0.231 e. The third-order valence-electron chi connectivity index (χ3n) is 5.51. The molecule has 3 aliphatic heterocycles. The summed E-state index contributed by atoms with van der Waals surface area (Å²) in [6, 6.07) is 7.22. The summed E-state index contributed by atoms with van der Waals surface area (Å²) in [5.41, 5.74) is 3.23. The molecule has 0 aliphatic carbocycles. The molecule has 1 aromatic heterocycles. The highest BCUT2D eigenvalue weighted by atomic mass is 16.7. The number of morpholine rings is 1. The Bertz CT molecular complexity index is 825. The molecule has 4 heterocycles. The van der Waals surface area contributed by atoms with Crippen molar-refractivity contribution in [2.75, 3.05) is 44.5 Å². The Morgan fingerprint density at radius 2 is 1.92 bits per heavy atom. The van der Waals surface area contributed by atoms with Crippen molar-refractivity contribution < 1.29 is 14.2 Å². The van der Waals surface area contributed by atoms with Crippen LogP contribution in [0.5, 0.6) is 11.5 Å². The number of rotatable bonds is 1. The molecule has 2 aromatic rings. The van der Waals surface area contributed by atoms with E-state index in [0.717, 1.165) is 60.9 Å². The summed E-state index contributed by atoms with van der Waals surface area (Å²) in [5, 5.41) is 1.13. The van der Waals surface area contributed by atoms with E-state index in [4.69, 9.17) is 19.2 Å². The SMILES string of the molecule is Cc1cc(N2CCN3[C@@H](COC[C@@H]3C)C2)c2cc3c(cc2n1)OCO3. The van der Waals surface area contributed by atoms with Crippen LogP contribution in [-0.4, -0.2) is 61.6 Å². The fraction of sp³-hybridized carbons (Fsp3) is 0.526. The highest BCUT2D eigenvalue weighted by Gasteiger charge is 2.34. The van der Waals surface area contributed by atoms with E-state index in [1.54, 1.807) is 0 Å². The molecular weight excluding hydrogens is 318 g/mol. The second-order valence-corrected chi connectivity index (χ2v) is 7.23. The second kappa shape index (κ2) is 5.75. The van der Waals surface area contributed by atoms with Crippen LogP contribution in [0, 0.1) is 6.92 Å². The number of piperazine rings is 1. The fourth-order valence-corrected chi connectivity index (χ4v) is 4.28. The predicted octanol–water partition coefficient (Wildman–Crippen LogP) is 2.18. The third kappa shape index (κ3) is 2.51. The molecule has 2 atom stereocenters. The summed E-state index contributed by atoms with van der Waals surface area (Å²) in [6.07, 6.45) is 0. The van der Waals surface area contributed by atoms with Crippen LogP contribution in [0.1, 0.15) is 12.6 Å². The molecule has 0 unspecified atom stereocenters. The molecule has 5 rings (SSSR count). The van der Waals surface area contributed by atoms with Gasteiger partial charge in [0.1, 0.15) is 0 Å². The lowest BCUT2D eigenvalue weighted by atomic mass is 10.0. The first-order valence-corrected chi connectivity index (χ1v) is 8.98. The molecule has 2 fully saturated rings. The summed E-state index contributed by atoms with van der Waals surface area (Å²) in [6.45, 7) is 9.33. The van der Waals surface area contributed by atoms with Gasteiger partial charge < -0.3 is 19.1 Å². The standard InChI is InChI=1S/C19H23N3O3/c1-12-5-17(15-6-18-19(25-11-24-18)7-16(15)20-12)21-3-4-22-13(2)9-23-10-14(22)8-21/h5-7,13-14H,3-4,8-11H2,1-2H3/t13-,14+/m0/s1. The molecule has 25 heavy (non-hydrogen) atoms. The van der Waals surface area contributed by atoms with Crippen molar-refractivity contribution in [1.82, 2.24) is 9.88 Å². The van der Waals surface area contributed by atoms with Gasteiger partial charge in [-0.25, -0.2) is 0 Å². The number of ether oxygens (including phenoxy) is 3. The Hall–Kier alpha value is -2.05. The van der Waals surface area contributed by atoms with Crippen molar-refractivity contribution in [3.8, 4) is 11.5 Å². The monoisotopic (exact) mass is 341 g/mol. The second-order valence-electron chi connectivity index (χ2n) is 7.23. The van der Waals surface area contributed by atoms with E-state index in [9.17, 15) is 0 Å². The van der Waals surface area contributed by atoms with Crippen molar-refractivity contribution in [2.45, 2.75) is 25.9 Å². The average molecular weight is 341 g/mol. The van der Waals surface area contributed by atoms with Gasteiger partial charge in [0, 0.05) is 48.5 Å². The lowest BCUT2D eigenvalue weighted by molar-refractivity contribution is -0.0468. The average Bonchev–Trinajstić information content (AvgIpc) is 3.06. The third-order valence-corrected chi connectivity index (χ3v) is 5.51. The molecule has 1 aromatic carbocycles. The first kappa shape index (κ1) is 15.2. The van der Waals surface area contributed by atoms with Crippen LogP contribution in [-0.2, 0) is 4.74 Å². The van der Waals surface area contributed by atoms with Crippen molar-refractivity contribution in [3.63, 3.8) is 0 Å². The van der Waals surface area contributed by atoms with E-state index in [2.05, 4.69) is 35.8 Å². The Kier molecular flexibility index (Phi) is 3.50. The van der Waals surface area contributed by atoms with E-state index >= 15 is 0 Å². The molecule has 0 N–H and O–H groups in total. The zero-order valence-electron chi connectivity index (χ0n) is 14.7. The first-order chi connectivity index (χ1) is 12.2. The van der Waals surface area contributed by atoms with Crippen LogP contribution in [0.15, 0.2) is 18.2 Å². The molecule has 6 nitrogen and oxygen atoms in total. The van der Waals surface area contributed by atoms with Gasteiger partial charge in [0.05, 0.1) is 24.8 Å². The molecule has 132 valence electrons.